The molecule has 2 unspecified atom stereocenters. The molecule has 1 heteroatoms. The van der Waals surface area contributed by atoms with Crippen molar-refractivity contribution in [3.8, 4) is 0 Å². The Kier molecular flexibility index (Phi) is 4.94. The fraction of sp³-hybridized carbons (Fsp3) is 1.00. The van der Waals surface area contributed by atoms with E-state index < -0.39 is 0 Å². The minimum Gasteiger partial charge on any atom is -0.303 e. The molecule has 14 heavy (non-hydrogen) atoms. The van der Waals surface area contributed by atoms with Crippen LogP contribution in [0, 0.1) is 17.8 Å². The van der Waals surface area contributed by atoms with Crippen LogP contribution in [0.5, 0.6) is 0 Å². The van der Waals surface area contributed by atoms with Gasteiger partial charge in [-0.05, 0) is 24.3 Å². The van der Waals surface area contributed by atoms with E-state index in [1.165, 1.54) is 38.9 Å². The van der Waals surface area contributed by atoms with Gasteiger partial charge in [-0.3, -0.25) is 0 Å². The van der Waals surface area contributed by atoms with E-state index in [0.29, 0.717) is 0 Å². The number of hydrogen-bond acceptors (Lipinski definition) is 1. The highest BCUT2D eigenvalue weighted by molar-refractivity contribution is 4.84. The lowest BCUT2D eigenvalue weighted by atomic mass is 9.74. The molecular weight excluding hydrogens is 170 g/mol. The first-order valence-corrected chi connectivity index (χ1v) is 6.49. The molecule has 0 spiro atoms. The van der Waals surface area contributed by atoms with Crippen molar-refractivity contribution in [2.45, 2.75) is 47.0 Å². The number of likely N-dealkylation sites (tertiary alicyclic amines) is 1. The Labute approximate surface area is 89.9 Å². The first-order valence-electron chi connectivity index (χ1n) is 6.49. The summed E-state index contributed by atoms with van der Waals surface area (Å²) in [6, 6.07) is 0. The third-order valence-electron chi connectivity index (χ3n) is 4.16. The minimum atomic E-state index is 0.957. The Hall–Kier alpha value is -0.0400. The van der Waals surface area contributed by atoms with Crippen LogP contribution in [0.1, 0.15) is 47.0 Å². The summed E-state index contributed by atoms with van der Waals surface area (Å²) in [5.41, 5.74) is 0. The number of piperidine rings is 1. The van der Waals surface area contributed by atoms with Gasteiger partial charge < -0.3 is 4.90 Å². The molecule has 0 aromatic carbocycles. The molecule has 1 saturated heterocycles. The lowest BCUT2D eigenvalue weighted by Gasteiger charge is -2.43. The Morgan fingerprint density at radius 3 is 1.64 bits per heavy atom. The van der Waals surface area contributed by atoms with Gasteiger partial charge in [-0.25, -0.2) is 0 Å². The normalized spacial score (nSPS) is 34.7. The molecule has 1 rings (SSSR count). The first-order chi connectivity index (χ1) is 6.76. The molecule has 0 amide bonds. The lowest BCUT2D eigenvalue weighted by Crippen LogP contribution is -2.45. The summed E-state index contributed by atoms with van der Waals surface area (Å²) < 4.78 is 0. The quantitative estimate of drug-likeness (QED) is 0.667. The van der Waals surface area contributed by atoms with Gasteiger partial charge in [-0.2, -0.15) is 0 Å². The maximum Gasteiger partial charge on any atom is 0.00123 e. The van der Waals surface area contributed by atoms with E-state index >= 15 is 0 Å². The van der Waals surface area contributed by atoms with Crippen molar-refractivity contribution in [2.75, 3.05) is 19.6 Å². The van der Waals surface area contributed by atoms with Crippen molar-refractivity contribution >= 4 is 0 Å². The Morgan fingerprint density at radius 2 is 1.36 bits per heavy atom. The highest BCUT2D eigenvalue weighted by Crippen LogP contribution is 2.34. The van der Waals surface area contributed by atoms with Gasteiger partial charge in [0.25, 0.3) is 0 Å². The average molecular weight is 197 g/mol. The van der Waals surface area contributed by atoms with Gasteiger partial charge in [-0.15, -0.1) is 0 Å². The predicted octanol–water partition coefficient (Wildman–Crippen LogP) is 3.40. The molecule has 1 aliphatic rings. The molecule has 0 N–H and O–H groups in total. The lowest BCUT2D eigenvalue weighted by molar-refractivity contribution is 0.0575. The van der Waals surface area contributed by atoms with E-state index in [4.69, 9.17) is 0 Å². The van der Waals surface area contributed by atoms with Gasteiger partial charge in [0, 0.05) is 13.1 Å². The highest BCUT2D eigenvalue weighted by atomic mass is 15.1. The van der Waals surface area contributed by atoms with Crippen LogP contribution in [0.15, 0.2) is 0 Å². The Morgan fingerprint density at radius 1 is 0.857 bits per heavy atom. The fourth-order valence-electron chi connectivity index (χ4n) is 3.18. The van der Waals surface area contributed by atoms with Crippen molar-refractivity contribution in [3.63, 3.8) is 0 Å². The van der Waals surface area contributed by atoms with Crippen LogP contribution in [0.25, 0.3) is 0 Å². The fourth-order valence-corrected chi connectivity index (χ4v) is 3.18. The Balaban J connectivity index is 2.63. The van der Waals surface area contributed by atoms with E-state index in [9.17, 15) is 0 Å². The SMILES string of the molecule is CCC1CN(CC)CC(CC)C1CC. The number of hydrogen-bond donors (Lipinski definition) is 0. The molecule has 0 bridgehead atoms. The second-order valence-electron chi connectivity index (χ2n) is 4.76. The molecule has 0 radical (unpaired) electrons. The van der Waals surface area contributed by atoms with Crippen LogP contribution in [0.4, 0.5) is 0 Å². The summed E-state index contributed by atoms with van der Waals surface area (Å²) in [5, 5.41) is 0. The third kappa shape index (κ3) is 2.50. The monoisotopic (exact) mass is 197 g/mol. The van der Waals surface area contributed by atoms with E-state index in [2.05, 4.69) is 32.6 Å². The molecule has 0 aromatic rings. The second kappa shape index (κ2) is 5.75. The third-order valence-corrected chi connectivity index (χ3v) is 4.16. The van der Waals surface area contributed by atoms with Crippen LogP contribution in [0.3, 0.4) is 0 Å². The van der Waals surface area contributed by atoms with Gasteiger partial charge >= 0.3 is 0 Å². The second-order valence-corrected chi connectivity index (χ2v) is 4.76. The van der Waals surface area contributed by atoms with Crippen molar-refractivity contribution < 1.29 is 0 Å². The molecule has 84 valence electrons. The predicted molar refractivity (Wildman–Crippen MR) is 63.5 cm³/mol. The Bertz CT molecular complexity index is 141. The maximum absolute atomic E-state index is 2.65. The summed E-state index contributed by atoms with van der Waals surface area (Å²) in [6.07, 6.45) is 4.12. The van der Waals surface area contributed by atoms with Crippen LogP contribution in [-0.4, -0.2) is 24.5 Å². The van der Waals surface area contributed by atoms with Crippen molar-refractivity contribution in [3.05, 3.63) is 0 Å². The number of rotatable bonds is 4. The number of nitrogens with zero attached hydrogens (tertiary/aromatic N) is 1. The summed E-state index contributed by atoms with van der Waals surface area (Å²) in [7, 11) is 0. The topological polar surface area (TPSA) is 3.24 Å². The standard InChI is InChI=1S/C13H27N/c1-5-11-9-14(8-4)10-12(6-2)13(11)7-3/h11-13H,5-10H2,1-4H3. The highest BCUT2D eigenvalue weighted by Gasteiger charge is 2.32. The molecule has 1 heterocycles. The zero-order valence-electron chi connectivity index (χ0n) is 10.4. The molecule has 1 nitrogen and oxygen atoms in total. The van der Waals surface area contributed by atoms with Gasteiger partial charge in [0.05, 0.1) is 0 Å². The summed E-state index contributed by atoms with van der Waals surface area (Å²) in [6.45, 7) is 13.3. The molecule has 0 aliphatic carbocycles. The first kappa shape index (κ1) is 12.0. The molecule has 1 aliphatic heterocycles. The van der Waals surface area contributed by atoms with E-state index in [1.54, 1.807) is 0 Å². The van der Waals surface area contributed by atoms with Crippen LogP contribution >= 0.6 is 0 Å². The van der Waals surface area contributed by atoms with Crippen molar-refractivity contribution in [1.29, 1.82) is 0 Å². The summed E-state index contributed by atoms with van der Waals surface area (Å²) >= 11 is 0. The van der Waals surface area contributed by atoms with Crippen molar-refractivity contribution in [2.24, 2.45) is 17.8 Å². The van der Waals surface area contributed by atoms with Gasteiger partial charge in [0.15, 0.2) is 0 Å². The smallest absolute Gasteiger partial charge is 0.00123 e. The van der Waals surface area contributed by atoms with Gasteiger partial charge in [-0.1, -0.05) is 47.0 Å². The van der Waals surface area contributed by atoms with E-state index in [0.717, 1.165) is 17.8 Å². The zero-order chi connectivity index (χ0) is 10.6. The van der Waals surface area contributed by atoms with Gasteiger partial charge in [0.1, 0.15) is 0 Å². The molecular formula is C13H27N. The maximum atomic E-state index is 2.65. The average Bonchev–Trinajstić information content (AvgIpc) is 2.26. The summed E-state index contributed by atoms with van der Waals surface area (Å²) in [4.78, 5) is 2.65. The zero-order valence-corrected chi connectivity index (χ0v) is 10.4. The largest absolute Gasteiger partial charge is 0.303 e. The molecule has 1 fully saturated rings. The van der Waals surface area contributed by atoms with Gasteiger partial charge in [0.2, 0.25) is 0 Å². The molecule has 0 saturated carbocycles. The molecule has 2 atom stereocenters. The van der Waals surface area contributed by atoms with Crippen LogP contribution in [0.2, 0.25) is 0 Å². The minimum absolute atomic E-state index is 0.957. The van der Waals surface area contributed by atoms with Crippen LogP contribution in [-0.2, 0) is 0 Å². The summed E-state index contributed by atoms with van der Waals surface area (Å²) in [5.74, 6) is 2.91. The molecule has 0 aromatic heterocycles. The van der Waals surface area contributed by atoms with Crippen molar-refractivity contribution in [1.82, 2.24) is 4.90 Å². The van der Waals surface area contributed by atoms with E-state index in [1.807, 2.05) is 0 Å². The van der Waals surface area contributed by atoms with Crippen LogP contribution < -0.4 is 0 Å². The van der Waals surface area contributed by atoms with E-state index in [-0.39, 0.29) is 0 Å².